The highest BCUT2D eigenvalue weighted by Crippen LogP contribution is 2.27. The zero-order valence-electron chi connectivity index (χ0n) is 16.0. The lowest BCUT2D eigenvalue weighted by Gasteiger charge is -2.25. The Morgan fingerprint density at radius 1 is 1.14 bits per heavy atom. The van der Waals surface area contributed by atoms with Crippen LogP contribution in [-0.4, -0.2) is 39.1 Å². The average Bonchev–Trinajstić information content (AvgIpc) is 2.64. The van der Waals surface area contributed by atoms with Crippen LogP contribution in [0.2, 0.25) is 10.0 Å². The fraction of sp³-hybridized carbons (Fsp3) is 0.350. The van der Waals surface area contributed by atoms with Gasteiger partial charge in [-0.25, -0.2) is 8.42 Å². The van der Waals surface area contributed by atoms with E-state index in [0.29, 0.717) is 35.2 Å². The van der Waals surface area contributed by atoms with E-state index in [-0.39, 0.29) is 16.8 Å². The molecule has 28 heavy (non-hydrogen) atoms. The Labute approximate surface area is 176 Å². The molecule has 0 heterocycles. The Kier molecular flexibility index (Phi) is 7.75. The van der Waals surface area contributed by atoms with Crippen molar-refractivity contribution in [3.8, 4) is 5.75 Å². The fourth-order valence-electron chi connectivity index (χ4n) is 2.61. The monoisotopic (exact) mass is 443 g/mol. The van der Waals surface area contributed by atoms with E-state index in [1.807, 2.05) is 6.92 Å². The minimum Gasteiger partial charge on any atom is -0.492 e. The van der Waals surface area contributed by atoms with Gasteiger partial charge < -0.3 is 9.64 Å². The molecule has 152 valence electrons. The van der Waals surface area contributed by atoms with Crippen LogP contribution in [0.5, 0.6) is 5.75 Å². The van der Waals surface area contributed by atoms with Gasteiger partial charge in [-0.1, -0.05) is 35.3 Å². The van der Waals surface area contributed by atoms with Crippen LogP contribution >= 0.6 is 23.2 Å². The van der Waals surface area contributed by atoms with Crippen molar-refractivity contribution < 1.29 is 17.9 Å². The largest absolute Gasteiger partial charge is 0.492 e. The minimum absolute atomic E-state index is 0.0227. The molecule has 0 saturated heterocycles. The molecule has 1 atom stereocenters. The summed E-state index contributed by atoms with van der Waals surface area (Å²) < 4.78 is 28.7. The molecule has 5 nitrogen and oxygen atoms in total. The highest BCUT2D eigenvalue weighted by atomic mass is 35.5. The molecular formula is C20H23Cl2NO4S. The van der Waals surface area contributed by atoms with Crippen molar-refractivity contribution >= 4 is 38.9 Å². The summed E-state index contributed by atoms with van der Waals surface area (Å²) >= 11 is 11.9. The van der Waals surface area contributed by atoms with E-state index in [1.165, 1.54) is 6.26 Å². The van der Waals surface area contributed by atoms with E-state index >= 15 is 0 Å². The summed E-state index contributed by atoms with van der Waals surface area (Å²) in [5.41, 5.74) is 0.868. The van der Waals surface area contributed by atoms with Gasteiger partial charge in [-0.15, -0.1) is 0 Å². The van der Waals surface area contributed by atoms with Crippen LogP contribution in [0.25, 0.3) is 0 Å². The predicted molar refractivity (Wildman–Crippen MR) is 112 cm³/mol. The summed E-state index contributed by atoms with van der Waals surface area (Å²) in [5.74, 6) is 0.511. The smallest absolute Gasteiger partial charge is 0.222 e. The molecule has 0 bridgehead atoms. The maximum Gasteiger partial charge on any atom is 0.222 e. The van der Waals surface area contributed by atoms with Crippen molar-refractivity contribution in [2.24, 2.45) is 0 Å². The SMILES string of the molecule is CC(c1ccc(S(C)(=O)=O)cc1)N(C)C(=O)CCCOc1ccc(Cl)cc1Cl. The summed E-state index contributed by atoms with van der Waals surface area (Å²) in [6.45, 7) is 2.26. The molecule has 2 rings (SSSR count). The summed E-state index contributed by atoms with van der Waals surface area (Å²) in [5, 5.41) is 0.967. The van der Waals surface area contributed by atoms with Crippen LogP contribution < -0.4 is 4.74 Å². The molecule has 0 N–H and O–H groups in total. The second-order valence-corrected chi connectivity index (χ2v) is 9.41. The van der Waals surface area contributed by atoms with Gasteiger partial charge in [-0.05, 0) is 49.2 Å². The molecule has 1 unspecified atom stereocenters. The third kappa shape index (κ3) is 6.12. The molecule has 0 radical (unpaired) electrons. The number of amides is 1. The van der Waals surface area contributed by atoms with E-state index in [4.69, 9.17) is 27.9 Å². The number of hydrogen-bond acceptors (Lipinski definition) is 4. The molecule has 0 spiro atoms. The number of carbonyl (C=O) groups is 1. The molecular weight excluding hydrogens is 421 g/mol. The zero-order valence-corrected chi connectivity index (χ0v) is 18.3. The molecule has 0 aliphatic carbocycles. The minimum atomic E-state index is -3.24. The molecule has 2 aromatic rings. The van der Waals surface area contributed by atoms with Crippen LogP contribution in [0.15, 0.2) is 47.4 Å². The van der Waals surface area contributed by atoms with E-state index in [2.05, 4.69) is 0 Å². The Morgan fingerprint density at radius 2 is 1.79 bits per heavy atom. The summed E-state index contributed by atoms with van der Waals surface area (Å²) in [7, 11) is -1.51. The Morgan fingerprint density at radius 3 is 2.36 bits per heavy atom. The fourth-order valence-corrected chi connectivity index (χ4v) is 3.70. The van der Waals surface area contributed by atoms with E-state index in [9.17, 15) is 13.2 Å². The second kappa shape index (κ2) is 9.63. The molecule has 0 aliphatic rings. The molecule has 2 aromatic carbocycles. The predicted octanol–water partition coefficient (Wildman–Crippen LogP) is 4.78. The summed E-state index contributed by atoms with van der Waals surface area (Å²) in [6.07, 6.45) is 2.04. The number of ether oxygens (including phenoxy) is 1. The number of halogens is 2. The Balaban J connectivity index is 1.86. The number of hydrogen-bond donors (Lipinski definition) is 0. The van der Waals surface area contributed by atoms with Gasteiger partial charge in [0.2, 0.25) is 5.91 Å². The van der Waals surface area contributed by atoms with Gasteiger partial charge in [0.15, 0.2) is 9.84 Å². The van der Waals surface area contributed by atoms with E-state index < -0.39 is 9.84 Å². The van der Waals surface area contributed by atoms with E-state index in [0.717, 1.165) is 5.56 Å². The number of sulfone groups is 1. The van der Waals surface area contributed by atoms with Crippen molar-refractivity contribution in [2.45, 2.75) is 30.7 Å². The number of benzene rings is 2. The van der Waals surface area contributed by atoms with Gasteiger partial charge in [0.1, 0.15) is 5.75 Å². The highest BCUT2D eigenvalue weighted by Gasteiger charge is 2.18. The first-order valence-corrected chi connectivity index (χ1v) is 11.4. The molecule has 0 aromatic heterocycles. The van der Waals surface area contributed by atoms with Crippen molar-refractivity contribution in [3.05, 3.63) is 58.1 Å². The van der Waals surface area contributed by atoms with Gasteiger partial charge in [0.25, 0.3) is 0 Å². The molecule has 0 aliphatic heterocycles. The van der Waals surface area contributed by atoms with Gasteiger partial charge in [0.05, 0.1) is 22.6 Å². The first-order valence-electron chi connectivity index (χ1n) is 8.73. The first kappa shape index (κ1) is 22.5. The van der Waals surface area contributed by atoms with Crippen molar-refractivity contribution in [2.75, 3.05) is 19.9 Å². The maximum absolute atomic E-state index is 12.4. The average molecular weight is 444 g/mol. The standard InChI is InChI=1S/C20H23Cl2NO4S/c1-14(15-6-9-17(10-7-15)28(3,25)26)23(2)20(24)5-4-12-27-19-11-8-16(21)13-18(19)22/h6-11,13-14H,4-5,12H2,1-3H3. The quantitative estimate of drug-likeness (QED) is 0.550. The zero-order chi connectivity index (χ0) is 20.9. The summed E-state index contributed by atoms with van der Waals surface area (Å²) in [6, 6.07) is 11.4. The topological polar surface area (TPSA) is 63.7 Å². The Bertz CT molecular complexity index is 930. The van der Waals surface area contributed by atoms with Crippen LogP contribution in [0.3, 0.4) is 0 Å². The van der Waals surface area contributed by atoms with E-state index in [1.54, 1.807) is 54.4 Å². The van der Waals surface area contributed by atoms with Gasteiger partial charge in [-0.3, -0.25) is 4.79 Å². The molecule has 1 amide bonds. The Hall–Kier alpha value is -1.76. The van der Waals surface area contributed by atoms with Crippen LogP contribution in [0, 0.1) is 0 Å². The molecule has 0 saturated carbocycles. The van der Waals surface area contributed by atoms with Crippen molar-refractivity contribution in [1.29, 1.82) is 0 Å². The number of carbonyl (C=O) groups excluding carboxylic acids is 1. The lowest BCUT2D eigenvalue weighted by molar-refractivity contribution is -0.132. The third-order valence-electron chi connectivity index (χ3n) is 4.45. The number of rotatable bonds is 8. The van der Waals surface area contributed by atoms with Crippen LogP contribution in [0.4, 0.5) is 0 Å². The first-order chi connectivity index (χ1) is 13.1. The summed E-state index contributed by atoms with van der Waals surface area (Å²) in [4.78, 5) is 14.3. The maximum atomic E-state index is 12.4. The van der Waals surface area contributed by atoms with Gasteiger partial charge in [-0.2, -0.15) is 0 Å². The lowest BCUT2D eigenvalue weighted by Crippen LogP contribution is -2.29. The van der Waals surface area contributed by atoms with Gasteiger partial charge >= 0.3 is 0 Å². The second-order valence-electron chi connectivity index (χ2n) is 6.55. The third-order valence-corrected chi connectivity index (χ3v) is 6.11. The van der Waals surface area contributed by atoms with Crippen molar-refractivity contribution in [1.82, 2.24) is 4.90 Å². The van der Waals surface area contributed by atoms with Gasteiger partial charge in [0, 0.05) is 24.7 Å². The molecule has 8 heteroatoms. The van der Waals surface area contributed by atoms with Crippen molar-refractivity contribution in [3.63, 3.8) is 0 Å². The lowest BCUT2D eigenvalue weighted by atomic mass is 10.1. The highest BCUT2D eigenvalue weighted by molar-refractivity contribution is 7.90. The van der Waals surface area contributed by atoms with Crippen LogP contribution in [-0.2, 0) is 14.6 Å². The normalized spacial score (nSPS) is 12.5. The molecule has 0 fully saturated rings. The number of nitrogens with zero attached hydrogens (tertiary/aromatic N) is 1. The van der Waals surface area contributed by atoms with Crippen LogP contribution in [0.1, 0.15) is 31.4 Å².